The van der Waals surface area contributed by atoms with Gasteiger partial charge in [0.05, 0.1) is 9.82 Å². The number of nitrogens with zero attached hydrogens (tertiary/aromatic N) is 6. The van der Waals surface area contributed by atoms with Crippen LogP contribution in [0.2, 0.25) is 0 Å². The summed E-state index contributed by atoms with van der Waals surface area (Å²) in [6, 6.07) is 8.95. The van der Waals surface area contributed by atoms with Gasteiger partial charge in [0.25, 0.3) is 5.69 Å². The van der Waals surface area contributed by atoms with E-state index in [-0.39, 0.29) is 23.7 Å². The molecule has 0 amide bonds. The van der Waals surface area contributed by atoms with Crippen LogP contribution in [0.25, 0.3) is 0 Å². The molecule has 3 rings (SSSR count). The molecule has 29 heavy (non-hydrogen) atoms. The zero-order chi connectivity index (χ0) is 21.0. The van der Waals surface area contributed by atoms with Crippen LogP contribution in [0.4, 0.5) is 17.3 Å². The quantitative estimate of drug-likeness (QED) is 0.492. The number of nitro groups is 1. The Bertz CT molecular complexity index is 955. The summed E-state index contributed by atoms with van der Waals surface area (Å²) >= 11 is 0. The highest BCUT2D eigenvalue weighted by molar-refractivity contribution is 7.89. The summed E-state index contributed by atoms with van der Waals surface area (Å²) in [5, 5.41) is 19.5. The fraction of sp³-hybridized carbons (Fsp3) is 0.444. The first kappa shape index (κ1) is 20.9. The van der Waals surface area contributed by atoms with Crippen LogP contribution in [0.5, 0.6) is 0 Å². The number of aromatic nitrogens is 2. The van der Waals surface area contributed by atoms with Crippen molar-refractivity contribution >= 4 is 27.3 Å². The number of rotatable bonds is 7. The minimum atomic E-state index is -3.79. The molecule has 0 spiro atoms. The van der Waals surface area contributed by atoms with Crippen LogP contribution in [0.15, 0.2) is 41.3 Å². The first-order valence-electron chi connectivity index (χ1n) is 9.45. The summed E-state index contributed by atoms with van der Waals surface area (Å²) in [5.74, 6) is 1.51. The third kappa shape index (κ3) is 4.46. The molecule has 1 aliphatic rings. The second-order valence-electron chi connectivity index (χ2n) is 6.57. The molecule has 1 saturated heterocycles. The molecule has 0 aliphatic carbocycles. The summed E-state index contributed by atoms with van der Waals surface area (Å²) < 4.78 is 27.0. The molecule has 11 heteroatoms. The third-order valence-electron chi connectivity index (χ3n) is 4.95. The van der Waals surface area contributed by atoms with Crippen molar-refractivity contribution in [2.75, 3.05) is 49.1 Å². The van der Waals surface area contributed by atoms with E-state index in [1.807, 2.05) is 17.0 Å². The third-order valence-corrected chi connectivity index (χ3v) is 6.85. The second-order valence-corrected chi connectivity index (χ2v) is 8.51. The molecule has 1 aromatic carbocycles. The fourth-order valence-corrected chi connectivity index (χ4v) is 4.73. The van der Waals surface area contributed by atoms with Crippen molar-refractivity contribution < 1.29 is 13.3 Å². The molecule has 0 saturated carbocycles. The van der Waals surface area contributed by atoms with Crippen molar-refractivity contribution in [3.63, 3.8) is 0 Å². The lowest BCUT2D eigenvalue weighted by molar-refractivity contribution is -0.385. The van der Waals surface area contributed by atoms with Crippen LogP contribution in [0.1, 0.15) is 13.8 Å². The molecule has 1 fully saturated rings. The lowest BCUT2D eigenvalue weighted by atomic mass is 10.3. The molecular weight excluding hydrogens is 396 g/mol. The summed E-state index contributed by atoms with van der Waals surface area (Å²) in [6.07, 6.45) is 0. The predicted molar refractivity (Wildman–Crippen MR) is 110 cm³/mol. The van der Waals surface area contributed by atoms with Gasteiger partial charge in [-0.15, -0.1) is 10.2 Å². The Morgan fingerprint density at radius 2 is 1.76 bits per heavy atom. The Morgan fingerprint density at radius 1 is 1.07 bits per heavy atom. The summed E-state index contributed by atoms with van der Waals surface area (Å²) in [6.45, 7) is 7.27. The van der Waals surface area contributed by atoms with E-state index in [9.17, 15) is 18.5 Å². The van der Waals surface area contributed by atoms with E-state index >= 15 is 0 Å². The molecule has 1 aromatic heterocycles. The van der Waals surface area contributed by atoms with Gasteiger partial charge in [-0.3, -0.25) is 10.1 Å². The van der Waals surface area contributed by atoms with Crippen molar-refractivity contribution in [2.45, 2.75) is 18.7 Å². The lowest BCUT2D eigenvalue weighted by Gasteiger charge is -2.34. The molecule has 0 atom stereocenters. The van der Waals surface area contributed by atoms with Gasteiger partial charge in [-0.05, 0) is 32.0 Å². The van der Waals surface area contributed by atoms with E-state index in [4.69, 9.17) is 0 Å². The number of hydrogen-bond acceptors (Lipinski definition) is 8. The van der Waals surface area contributed by atoms with E-state index < -0.39 is 14.9 Å². The molecule has 2 aromatic rings. The van der Waals surface area contributed by atoms with Crippen LogP contribution in [-0.2, 0) is 10.0 Å². The van der Waals surface area contributed by atoms with E-state index in [0.29, 0.717) is 18.9 Å². The van der Waals surface area contributed by atoms with E-state index in [1.54, 1.807) is 0 Å². The average Bonchev–Trinajstić information content (AvgIpc) is 2.75. The highest BCUT2D eigenvalue weighted by Gasteiger charge is 2.30. The average molecular weight is 420 g/mol. The smallest absolute Gasteiger partial charge is 0.270 e. The van der Waals surface area contributed by atoms with Crippen molar-refractivity contribution in [2.24, 2.45) is 0 Å². The Morgan fingerprint density at radius 3 is 2.31 bits per heavy atom. The molecule has 0 bridgehead atoms. The molecule has 0 unspecified atom stereocenters. The SMILES string of the molecule is CCN(CC)c1ccc(N2CCN(S(=O)(=O)c3cccc([N+](=O)[O-])c3)CC2)nn1. The highest BCUT2D eigenvalue weighted by atomic mass is 32.2. The summed E-state index contributed by atoms with van der Waals surface area (Å²) in [4.78, 5) is 14.4. The molecule has 10 nitrogen and oxygen atoms in total. The lowest BCUT2D eigenvalue weighted by Crippen LogP contribution is -2.49. The molecule has 0 radical (unpaired) electrons. The zero-order valence-electron chi connectivity index (χ0n) is 16.4. The van der Waals surface area contributed by atoms with Gasteiger partial charge in [0.15, 0.2) is 11.6 Å². The van der Waals surface area contributed by atoms with Crippen LogP contribution in [0, 0.1) is 10.1 Å². The van der Waals surface area contributed by atoms with Gasteiger partial charge < -0.3 is 9.80 Å². The normalized spacial score (nSPS) is 15.3. The van der Waals surface area contributed by atoms with Gasteiger partial charge in [-0.1, -0.05) is 6.07 Å². The van der Waals surface area contributed by atoms with Gasteiger partial charge in [-0.2, -0.15) is 4.31 Å². The number of piperazine rings is 1. The first-order valence-corrected chi connectivity index (χ1v) is 10.9. The van der Waals surface area contributed by atoms with Gasteiger partial charge in [0.2, 0.25) is 10.0 Å². The van der Waals surface area contributed by atoms with E-state index in [1.165, 1.54) is 22.5 Å². The van der Waals surface area contributed by atoms with Gasteiger partial charge in [0, 0.05) is 51.4 Å². The van der Waals surface area contributed by atoms with Crippen LogP contribution < -0.4 is 9.80 Å². The maximum Gasteiger partial charge on any atom is 0.270 e. The zero-order valence-corrected chi connectivity index (χ0v) is 17.2. The summed E-state index contributed by atoms with van der Waals surface area (Å²) in [5.41, 5.74) is -0.242. The van der Waals surface area contributed by atoms with Gasteiger partial charge in [-0.25, -0.2) is 8.42 Å². The van der Waals surface area contributed by atoms with Crippen molar-refractivity contribution in [3.8, 4) is 0 Å². The molecule has 156 valence electrons. The van der Waals surface area contributed by atoms with Crippen LogP contribution in [-0.4, -0.2) is 67.1 Å². The minimum Gasteiger partial charge on any atom is -0.356 e. The Balaban J connectivity index is 1.68. The Labute approximate surface area is 170 Å². The van der Waals surface area contributed by atoms with E-state index in [0.717, 1.165) is 25.0 Å². The Hall–Kier alpha value is -2.79. The first-order chi connectivity index (χ1) is 13.9. The second kappa shape index (κ2) is 8.70. The standard InChI is InChI=1S/C18H24N6O4S/c1-3-21(4-2)17-8-9-18(20-19-17)22-10-12-23(13-11-22)29(27,28)16-7-5-6-15(14-16)24(25)26/h5-9,14H,3-4,10-13H2,1-2H3. The number of non-ortho nitro benzene ring substituents is 1. The number of hydrogen-bond donors (Lipinski definition) is 0. The number of benzene rings is 1. The maximum atomic E-state index is 12.8. The largest absolute Gasteiger partial charge is 0.356 e. The molecular formula is C18H24N6O4S. The number of sulfonamides is 1. The molecule has 2 heterocycles. The van der Waals surface area contributed by atoms with Crippen LogP contribution >= 0.6 is 0 Å². The monoisotopic (exact) mass is 420 g/mol. The number of anilines is 2. The van der Waals surface area contributed by atoms with Gasteiger partial charge in [0.1, 0.15) is 0 Å². The number of nitro benzene ring substituents is 1. The van der Waals surface area contributed by atoms with Crippen LogP contribution in [0.3, 0.4) is 0 Å². The highest BCUT2D eigenvalue weighted by Crippen LogP contribution is 2.23. The summed E-state index contributed by atoms with van der Waals surface area (Å²) in [7, 11) is -3.79. The minimum absolute atomic E-state index is 0.0662. The van der Waals surface area contributed by atoms with Crippen molar-refractivity contribution in [1.29, 1.82) is 0 Å². The maximum absolute atomic E-state index is 12.8. The Kier molecular flexibility index (Phi) is 6.28. The van der Waals surface area contributed by atoms with E-state index in [2.05, 4.69) is 28.9 Å². The predicted octanol–water partition coefficient (Wildman–Crippen LogP) is 1.74. The topological polar surface area (TPSA) is 113 Å². The van der Waals surface area contributed by atoms with Crippen molar-refractivity contribution in [3.05, 3.63) is 46.5 Å². The molecule has 0 N–H and O–H groups in total. The molecule has 1 aliphatic heterocycles. The van der Waals surface area contributed by atoms with Crippen molar-refractivity contribution in [1.82, 2.24) is 14.5 Å². The fourth-order valence-electron chi connectivity index (χ4n) is 3.27. The van der Waals surface area contributed by atoms with Gasteiger partial charge >= 0.3 is 0 Å².